The quantitative estimate of drug-likeness (QED) is 0.540. The Balaban J connectivity index is 1.53. The third-order valence-electron chi connectivity index (χ3n) is 4.28. The van der Waals surface area contributed by atoms with Crippen LogP contribution in [0.3, 0.4) is 0 Å². The van der Waals surface area contributed by atoms with E-state index < -0.39 is 18.0 Å². The van der Waals surface area contributed by atoms with E-state index in [9.17, 15) is 14.4 Å². The maximum Gasteiger partial charge on any atom is 0.322 e. The van der Waals surface area contributed by atoms with Crippen LogP contribution in [-0.2, 0) is 22.6 Å². The number of urea groups is 1. The summed E-state index contributed by atoms with van der Waals surface area (Å²) in [5, 5.41) is 15.2. The number of hydrogen-bond acceptors (Lipinski definition) is 7. The van der Waals surface area contributed by atoms with E-state index in [-0.39, 0.29) is 18.9 Å². The monoisotopic (exact) mass is 386 g/mol. The van der Waals surface area contributed by atoms with Crippen LogP contribution in [0.15, 0.2) is 24.5 Å². The zero-order chi connectivity index (χ0) is 20.1. The van der Waals surface area contributed by atoms with Crippen LogP contribution < -0.4 is 20.9 Å². The van der Waals surface area contributed by atoms with Crippen LogP contribution in [0.2, 0.25) is 0 Å². The molecule has 0 unspecified atom stereocenters. The van der Waals surface area contributed by atoms with Crippen molar-refractivity contribution in [2.75, 3.05) is 23.3 Å². The van der Waals surface area contributed by atoms with Gasteiger partial charge in [0.25, 0.3) is 5.91 Å². The zero-order valence-corrected chi connectivity index (χ0v) is 15.7. The average Bonchev–Trinajstić information content (AvgIpc) is 3.23. The molecular formula is C17H22N8O3. The van der Waals surface area contributed by atoms with Crippen molar-refractivity contribution in [2.45, 2.75) is 32.9 Å². The lowest BCUT2D eigenvalue weighted by molar-refractivity contribution is -0.120. The Kier molecular flexibility index (Phi) is 5.82. The molecule has 3 heterocycles. The standard InChI is InChI=1S/C17H22N8O3/c1-3-24(4-2)14-6-5-11(8-18-14)19-15(26)10-25-9-12(22-23-25)7-13-16(27)21-17(28)20-13/h5-6,8-9,13H,3-4,7,10H2,1-2H3,(H,19,26)(H2,20,21,27,28)/t13-/m0/s1. The lowest BCUT2D eigenvalue weighted by Gasteiger charge is -2.19. The molecule has 4 amide bonds. The van der Waals surface area contributed by atoms with Crippen molar-refractivity contribution in [3.63, 3.8) is 0 Å². The molecule has 0 spiro atoms. The van der Waals surface area contributed by atoms with Gasteiger partial charge in [0, 0.05) is 25.7 Å². The molecule has 2 aromatic rings. The molecule has 28 heavy (non-hydrogen) atoms. The highest BCUT2D eigenvalue weighted by Gasteiger charge is 2.30. The normalized spacial score (nSPS) is 15.9. The number of nitrogens with one attached hydrogen (secondary N) is 3. The summed E-state index contributed by atoms with van der Waals surface area (Å²) in [6.45, 7) is 5.79. The summed E-state index contributed by atoms with van der Waals surface area (Å²) in [4.78, 5) is 41.4. The molecule has 11 nitrogen and oxygen atoms in total. The van der Waals surface area contributed by atoms with Crippen molar-refractivity contribution < 1.29 is 14.4 Å². The molecule has 0 bridgehead atoms. The SMILES string of the molecule is CCN(CC)c1ccc(NC(=O)Cn2cc(C[C@@H]3NC(=O)NC3=O)nn2)cn1. The largest absolute Gasteiger partial charge is 0.357 e. The average molecular weight is 386 g/mol. The van der Waals surface area contributed by atoms with Crippen molar-refractivity contribution in [2.24, 2.45) is 0 Å². The summed E-state index contributed by atoms with van der Waals surface area (Å²) in [5.41, 5.74) is 1.09. The molecule has 11 heteroatoms. The maximum atomic E-state index is 12.2. The van der Waals surface area contributed by atoms with Gasteiger partial charge in [0.2, 0.25) is 5.91 Å². The van der Waals surface area contributed by atoms with E-state index in [1.807, 2.05) is 6.07 Å². The van der Waals surface area contributed by atoms with E-state index in [1.54, 1.807) is 18.5 Å². The second kappa shape index (κ2) is 8.46. The molecule has 0 aromatic carbocycles. The molecule has 0 saturated carbocycles. The van der Waals surface area contributed by atoms with Crippen molar-refractivity contribution >= 4 is 29.4 Å². The fourth-order valence-corrected chi connectivity index (χ4v) is 2.86. The van der Waals surface area contributed by atoms with Gasteiger partial charge in [0.15, 0.2) is 0 Å². The van der Waals surface area contributed by atoms with Gasteiger partial charge < -0.3 is 15.5 Å². The van der Waals surface area contributed by atoms with Gasteiger partial charge in [-0.15, -0.1) is 5.10 Å². The second-order valence-electron chi connectivity index (χ2n) is 6.25. The summed E-state index contributed by atoms with van der Waals surface area (Å²) < 4.78 is 1.37. The van der Waals surface area contributed by atoms with Gasteiger partial charge in [0.1, 0.15) is 18.4 Å². The van der Waals surface area contributed by atoms with Crippen LogP contribution in [0.4, 0.5) is 16.3 Å². The Hall–Kier alpha value is -3.50. The highest BCUT2D eigenvalue weighted by molar-refractivity contribution is 6.04. The van der Waals surface area contributed by atoms with E-state index in [2.05, 4.69) is 50.0 Å². The van der Waals surface area contributed by atoms with Crippen molar-refractivity contribution in [1.82, 2.24) is 30.6 Å². The Bertz CT molecular complexity index is 860. The molecule has 3 rings (SSSR count). The minimum absolute atomic E-state index is 0.0337. The van der Waals surface area contributed by atoms with E-state index in [4.69, 9.17) is 0 Å². The van der Waals surface area contributed by atoms with E-state index in [0.717, 1.165) is 18.9 Å². The van der Waals surface area contributed by atoms with Crippen LogP contribution in [0, 0.1) is 0 Å². The fraction of sp³-hybridized carbons (Fsp3) is 0.412. The number of pyridine rings is 1. The molecular weight excluding hydrogens is 364 g/mol. The molecule has 1 saturated heterocycles. The first kappa shape index (κ1) is 19.3. The van der Waals surface area contributed by atoms with Crippen LogP contribution in [0.25, 0.3) is 0 Å². The van der Waals surface area contributed by atoms with Crippen molar-refractivity contribution in [3.05, 3.63) is 30.2 Å². The van der Waals surface area contributed by atoms with E-state index in [1.165, 1.54) is 4.68 Å². The topological polar surface area (TPSA) is 134 Å². The first-order chi connectivity index (χ1) is 13.5. The van der Waals surface area contributed by atoms with Crippen molar-refractivity contribution in [3.8, 4) is 0 Å². The number of carbonyl (C=O) groups is 3. The Morgan fingerprint density at radius 2 is 2.07 bits per heavy atom. The Morgan fingerprint density at radius 1 is 1.29 bits per heavy atom. The number of carbonyl (C=O) groups excluding carboxylic acids is 3. The highest BCUT2D eigenvalue weighted by Crippen LogP contribution is 2.14. The first-order valence-corrected chi connectivity index (χ1v) is 8.99. The number of anilines is 2. The van der Waals surface area contributed by atoms with Crippen LogP contribution in [0.1, 0.15) is 19.5 Å². The molecule has 1 aliphatic rings. The number of rotatable bonds is 8. The van der Waals surface area contributed by atoms with Gasteiger partial charge in [-0.2, -0.15) is 0 Å². The highest BCUT2D eigenvalue weighted by atomic mass is 16.2. The molecule has 1 fully saturated rings. The Labute approximate surface area is 161 Å². The number of aromatic nitrogens is 4. The second-order valence-corrected chi connectivity index (χ2v) is 6.25. The number of imide groups is 1. The molecule has 1 atom stereocenters. The van der Waals surface area contributed by atoms with E-state index in [0.29, 0.717) is 11.4 Å². The van der Waals surface area contributed by atoms with Gasteiger partial charge >= 0.3 is 6.03 Å². The summed E-state index contributed by atoms with van der Waals surface area (Å²) in [7, 11) is 0. The molecule has 1 aliphatic heterocycles. The predicted octanol–water partition coefficient (Wildman–Crippen LogP) is -0.0915. The summed E-state index contributed by atoms with van der Waals surface area (Å²) >= 11 is 0. The number of nitrogens with zero attached hydrogens (tertiary/aromatic N) is 5. The van der Waals surface area contributed by atoms with Crippen LogP contribution in [0.5, 0.6) is 0 Å². The fourth-order valence-electron chi connectivity index (χ4n) is 2.86. The van der Waals surface area contributed by atoms with Crippen molar-refractivity contribution in [1.29, 1.82) is 0 Å². The summed E-state index contributed by atoms with van der Waals surface area (Å²) in [5.74, 6) is 0.172. The van der Waals surface area contributed by atoms with Gasteiger partial charge in [-0.05, 0) is 26.0 Å². The molecule has 0 radical (unpaired) electrons. The van der Waals surface area contributed by atoms with Gasteiger partial charge in [-0.25, -0.2) is 14.5 Å². The Morgan fingerprint density at radius 3 is 2.68 bits per heavy atom. The maximum absolute atomic E-state index is 12.2. The lowest BCUT2D eigenvalue weighted by atomic mass is 10.2. The minimum atomic E-state index is -0.679. The number of amides is 4. The summed E-state index contributed by atoms with van der Waals surface area (Å²) in [6, 6.07) is 2.45. The minimum Gasteiger partial charge on any atom is -0.357 e. The lowest BCUT2D eigenvalue weighted by Crippen LogP contribution is -2.31. The number of hydrogen-bond donors (Lipinski definition) is 3. The third kappa shape index (κ3) is 4.61. The van der Waals surface area contributed by atoms with E-state index >= 15 is 0 Å². The predicted molar refractivity (Wildman–Crippen MR) is 101 cm³/mol. The molecule has 2 aromatic heterocycles. The van der Waals surface area contributed by atoms with Crippen LogP contribution >= 0.6 is 0 Å². The smallest absolute Gasteiger partial charge is 0.322 e. The third-order valence-corrected chi connectivity index (χ3v) is 4.28. The molecule has 3 N–H and O–H groups in total. The van der Waals surface area contributed by atoms with Gasteiger partial charge in [-0.3, -0.25) is 14.9 Å². The zero-order valence-electron chi connectivity index (χ0n) is 15.7. The first-order valence-electron chi connectivity index (χ1n) is 8.99. The van der Waals surface area contributed by atoms with Gasteiger partial charge in [0.05, 0.1) is 17.6 Å². The van der Waals surface area contributed by atoms with Gasteiger partial charge in [-0.1, -0.05) is 5.21 Å². The summed E-state index contributed by atoms with van der Waals surface area (Å²) in [6.07, 6.45) is 3.38. The molecule has 148 valence electrons. The van der Waals surface area contributed by atoms with Crippen LogP contribution in [-0.4, -0.2) is 57.0 Å². The molecule has 0 aliphatic carbocycles.